The van der Waals surface area contributed by atoms with Crippen molar-refractivity contribution in [2.45, 2.75) is 51.1 Å². The maximum absolute atomic E-state index is 11.9. The Labute approximate surface area is 146 Å². The predicted molar refractivity (Wildman–Crippen MR) is 91.1 cm³/mol. The van der Waals surface area contributed by atoms with Gasteiger partial charge < -0.3 is 18.8 Å². The third-order valence-corrected chi connectivity index (χ3v) is 5.69. The van der Waals surface area contributed by atoms with Crippen LogP contribution in [0.5, 0.6) is 0 Å². The lowest BCUT2D eigenvalue weighted by molar-refractivity contribution is -0.140. The number of hydrogen-bond acceptors (Lipinski definition) is 7. The Morgan fingerprint density at radius 1 is 1.17 bits per heavy atom. The maximum Gasteiger partial charge on any atom is 0.467 e. The lowest BCUT2D eigenvalue weighted by Crippen LogP contribution is -2.41. The van der Waals surface area contributed by atoms with Crippen LogP contribution in [0.1, 0.15) is 55.2 Å². The molecule has 1 unspecified atom stereocenters. The van der Waals surface area contributed by atoms with Crippen LogP contribution in [0, 0.1) is 0 Å². The largest absolute Gasteiger partial charge is 0.469 e. The molecule has 2 rings (SSSR count). The molecular weight excluding hydrogens is 331 g/mol. The van der Waals surface area contributed by atoms with Crippen LogP contribution in [0.2, 0.25) is 0 Å². The van der Waals surface area contributed by atoms with E-state index in [1.165, 1.54) is 25.6 Å². The van der Waals surface area contributed by atoms with Gasteiger partial charge >= 0.3 is 19.1 Å². The summed E-state index contributed by atoms with van der Waals surface area (Å²) in [7, 11) is 2.08. The topological polar surface area (TPSA) is 71.1 Å². The van der Waals surface area contributed by atoms with E-state index in [9.17, 15) is 9.59 Å². The molecule has 2 heterocycles. The van der Waals surface area contributed by atoms with E-state index in [2.05, 4.69) is 0 Å². The van der Waals surface area contributed by atoms with Gasteiger partial charge in [0, 0.05) is 16.1 Å². The zero-order valence-corrected chi connectivity index (χ0v) is 15.7. The van der Waals surface area contributed by atoms with Crippen LogP contribution in [0.3, 0.4) is 0 Å². The highest BCUT2D eigenvalue weighted by molar-refractivity contribution is 7.10. The third kappa shape index (κ3) is 3.65. The summed E-state index contributed by atoms with van der Waals surface area (Å²) in [5.74, 6) is -1.13. The van der Waals surface area contributed by atoms with E-state index in [0.29, 0.717) is 5.56 Å². The fourth-order valence-corrected chi connectivity index (χ4v) is 3.41. The lowest BCUT2D eigenvalue weighted by atomic mass is 9.69. The van der Waals surface area contributed by atoms with Crippen LogP contribution < -0.4 is 0 Å². The lowest BCUT2D eigenvalue weighted by Gasteiger charge is -2.32. The molecule has 1 aliphatic rings. The fourth-order valence-electron chi connectivity index (χ4n) is 2.42. The molecule has 0 spiro atoms. The first-order valence-corrected chi connectivity index (χ1v) is 8.58. The highest BCUT2D eigenvalue weighted by Gasteiger charge is 2.54. The summed E-state index contributed by atoms with van der Waals surface area (Å²) in [6.07, 6.45) is 0.106. The molecule has 0 saturated carbocycles. The van der Waals surface area contributed by atoms with Crippen LogP contribution in [0.4, 0.5) is 0 Å². The molecule has 6 nitrogen and oxygen atoms in total. The number of hydrogen-bond donors (Lipinski definition) is 0. The standard InChI is InChI=1S/C16H23BO6S/c1-15(2)16(3,4)23-17(22-15)11(8-13(18)20-5)12-7-10(9-24-12)14(19)21-6/h7,9,11H,8H2,1-6H3. The zero-order chi connectivity index (χ0) is 18.1. The zero-order valence-electron chi connectivity index (χ0n) is 14.9. The second-order valence-corrected chi connectivity index (χ2v) is 7.68. The molecule has 1 atom stereocenters. The average molecular weight is 354 g/mol. The Kier molecular flexibility index (Phi) is 5.42. The minimum Gasteiger partial charge on any atom is -0.469 e. The van der Waals surface area contributed by atoms with Crippen LogP contribution >= 0.6 is 11.3 Å². The van der Waals surface area contributed by atoms with E-state index in [4.69, 9.17) is 18.8 Å². The van der Waals surface area contributed by atoms with Gasteiger partial charge in [-0.3, -0.25) is 4.79 Å². The summed E-state index contributed by atoms with van der Waals surface area (Å²) in [5.41, 5.74) is -0.563. The van der Waals surface area contributed by atoms with Crippen molar-refractivity contribution in [2.24, 2.45) is 0 Å². The normalized spacial score (nSPS) is 19.8. The van der Waals surface area contributed by atoms with Crippen molar-refractivity contribution in [3.8, 4) is 0 Å². The van der Waals surface area contributed by atoms with Crippen molar-refractivity contribution in [3.05, 3.63) is 21.9 Å². The van der Waals surface area contributed by atoms with E-state index >= 15 is 0 Å². The molecular formula is C16H23BO6S. The van der Waals surface area contributed by atoms with E-state index < -0.39 is 24.3 Å². The Balaban J connectivity index is 2.31. The minimum atomic E-state index is -0.599. The molecule has 0 radical (unpaired) electrons. The second-order valence-electron chi connectivity index (χ2n) is 6.74. The summed E-state index contributed by atoms with van der Waals surface area (Å²) in [6, 6.07) is 1.72. The predicted octanol–water partition coefficient (Wildman–Crippen LogP) is 2.81. The average Bonchev–Trinajstić information content (AvgIpc) is 3.06. The van der Waals surface area contributed by atoms with Crippen molar-refractivity contribution in [1.29, 1.82) is 0 Å². The molecule has 132 valence electrons. The van der Waals surface area contributed by atoms with Gasteiger partial charge in [-0.2, -0.15) is 0 Å². The Bertz CT molecular complexity index is 608. The number of methoxy groups -OCH3 is 2. The molecule has 1 aromatic heterocycles. The van der Waals surface area contributed by atoms with Gasteiger partial charge in [0.2, 0.25) is 0 Å². The molecule has 8 heteroatoms. The van der Waals surface area contributed by atoms with Crippen molar-refractivity contribution in [1.82, 2.24) is 0 Å². The monoisotopic (exact) mass is 354 g/mol. The van der Waals surface area contributed by atoms with Crippen molar-refractivity contribution >= 4 is 30.4 Å². The maximum atomic E-state index is 11.9. The Morgan fingerprint density at radius 3 is 2.25 bits per heavy atom. The molecule has 0 amide bonds. The SMILES string of the molecule is COC(=O)CC(B1OC(C)(C)C(C)(C)O1)c1cc(C(=O)OC)cs1. The molecule has 0 bridgehead atoms. The van der Waals surface area contributed by atoms with Gasteiger partial charge in [0.05, 0.1) is 37.4 Å². The first-order chi connectivity index (χ1) is 11.1. The Hall–Kier alpha value is -1.38. The highest BCUT2D eigenvalue weighted by Crippen LogP contribution is 2.42. The quantitative estimate of drug-likeness (QED) is 0.598. The number of ether oxygens (including phenoxy) is 2. The molecule has 0 N–H and O–H groups in total. The number of rotatable bonds is 5. The molecule has 0 aliphatic carbocycles. The van der Waals surface area contributed by atoms with Crippen molar-refractivity contribution in [3.63, 3.8) is 0 Å². The van der Waals surface area contributed by atoms with Gasteiger partial charge in [-0.25, -0.2) is 4.79 Å². The van der Waals surface area contributed by atoms with Gasteiger partial charge in [0.15, 0.2) is 0 Å². The molecule has 1 aliphatic heterocycles. The van der Waals surface area contributed by atoms with Gasteiger partial charge in [0.1, 0.15) is 0 Å². The first-order valence-electron chi connectivity index (χ1n) is 7.70. The van der Waals surface area contributed by atoms with E-state index in [1.807, 2.05) is 27.7 Å². The van der Waals surface area contributed by atoms with E-state index in [1.54, 1.807) is 11.4 Å². The van der Waals surface area contributed by atoms with Crippen LogP contribution in [0.15, 0.2) is 11.4 Å². The number of carbonyl (C=O) groups excluding carboxylic acids is 2. The minimum absolute atomic E-state index is 0.106. The smallest absolute Gasteiger partial charge is 0.467 e. The summed E-state index contributed by atoms with van der Waals surface area (Å²) in [6.45, 7) is 7.82. The summed E-state index contributed by atoms with van der Waals surface area (Å²) in [4.78, 5) is 24.4. The van der Waals surface area contributed by atoms with Gasteiger partial charge in [-0.15, -0.1) is 11.3 Å². The third-order valence-electron chi connectivity index (χ3n) is 4.62. The summed E-state index contributed by atoms with van der Waals surface area (Å²) < 4.78 is 21.7. The molecule has 0 aromatic carbocycles. The number of esters is 2. The van der Waals surface area contributed by atoms with Gasteiger partial charge in [-0.1, -0.05) is 0 Å². The van der Waals surface area contributed by atoms with Crippen LogP contribution in [0.25, 0.3) is 0 Å². The first kappa shape index (κ1) is 19.0. The van der Waals surface area contributed by atoms with E-state index in [0.717, 1.165) is 4.88 Å². The van der Waals surface area contributed by atoms with Crippen LogP contribution in [-0.2, 0) is 23.6 Å². The second kappa shape index (κ2) is 6.86. The van der Waals surface area contributed by atoms with Gasteiger partial charge in [-0.05, 0) is 33.8 Å². The van der Waals surface area contributed by atoms with Gasteiger partial charge in [0.25, 0.3) is 0 Å². The van der Waals surface area contributed by atoms with E-state index in [-0.39, 0.29) is 18.2 Å². The summed E-state index contributed by atoms with van der Waals surface area (Å²) in [5, 5.41) is 1.71. The molecule has 1 fully saturated rings. The summed E-state index contributed by atoms with van der Waals surface area (Å²) >= 11 is 1.37. The van der Waals surface area contributed by atoms with Crippen LogP contribution in [-0.4, -0.2) is 44.5 Å². The highest BCUT2D eigenvalue weighted by atomic mass is 32.1. The molecule has 1 aromatic rings. The number of thiophene rings is 1. The Morgan fingerprint density at radius 2 is 1.75 bits per heavy atom. The number of carbonyl (C=O) groups is 2. The van der Waals surface area contributed by atoms with Crippen molar-refractivity contribution < 1.29 is 28.4 Å². The fraction of sp³-hybridized carbons (Fsp3) is 0.625. The molecule has 24 heavy (non-hydrogen) atoms. The van der Waals surface area contributed by atoms with Crippen molar-refractivity contribution in [2.75, 3.05) is 14.2 Å². The molecule has 1 saturated heterocycles.